The third-order valence-corrected chi connectivity index (χ3v) is 3.96. The molecule has 1 aliphatic carbocycles. The highest BCUT2D eigenvalue weighted by atomic mass is 16.2. The van der Waals surface area contributed by atoms with Gasteiger partial charge < -0.3 is 5.32 Å². The van der Waals surface area contributed by atoms with E-state index in [1.807, 2.05) is 6.92 Å². The number of rotatable bonds is 3. The number of nitrogens with one attached hydrogen (secondary N) is 2. The molecule has 112 valence electrons. The van der Waals surface area contributed by atoms with Gasteiger partial charge in [-0.15, -0.1) is 5.10 Å². The third kappa shape index (κ3) is 3.58. The normalized spacial score (nSPS) is 21.6. The number of aryl methyl sites for hydroxylation is 1. The smallest absolute Gasteiger partial charge is 0.291 e. The van der Waals surface area contributed by atoms with Crippen LogP contribution < -0.4 is 5.32 Å². The third-order valence-electron chi connectivity index (χ3n) is 3.96. The van der Waals surface area contributed by atoms with Gasteiger partial charge in [0.15, 0.2) is 0 Å². The summed E-state index contributed by atoms with van der Waals surface area (Å²) in [6, 6.07) is 0.199. The van der Waals surface area contributed by atoms with E-state index in [0.717, 1.165) is 25.1 Å². The molecule has 0 spiro atoms. The topological polar surface area (TPSA) is 70.7 Å². The van der Waals surface area contributed by atoms with Gasteiger partial charge in [0.1, 0.15) is 5.82 Å². The molecule has 1 heterocycles. The Balaban J connectivity index is 2.03. The zero-order chi connectivity index (χ0) is 15.0. The van der Waals surface area contributed by atoms with Crippen molar-refractivity contribution in [2.45, 2.75) is 66.3 Å². The van der Waals surface area contributed by atoms with Crippen molar-refractivity contribution >= 4 is 5.91 Å². The van der Waals surface area contributed by atoms with Crippen LogP contribution in [0, 0.1) is 10.8 Å². The average molecular weight is 278 g/mol. The van der Waals surface area contributed by atoms with E-state index in [9.17, 15) is 4.79 Å². The fourth-order valence-electron chi connectivity index (χ4n) is 3.75. The van der Waals surface area contributed by atoms with Crippen molar-refractivity contribution in [3.05, 3.63) is 11.6 Å². The van der Waals surface area contributed by atoms with E-state index < -0.39 is 0 Å². The first-order chi connectivity index (χ1) is 9.21. The van der Waals surface area contributed by atoms with Gasteiger partial charge in [-0.1, -0.05) is 34.6 Å². The highest BCUT2D eigenvalue weighted by molar-refractivity contribution is 5.90. The number of amides is 1. The second kappa shape index (κ2) is 5.19. The summed E-state index contributed by atoms with van der Waals surface area (Å²) in [7, 11) is 0. The zero-order valence-electron chi connectivity index (χ0n) is 13.2. The van der Waals surface area contributed by atoms with E-state index in [-0.39, 0.29) is 28.6 Å². The lowest BCUT2D eigenvalue weighted by Crippen LogP contribution is -2.46. The van der Waals surface area contributed by atoms with E-state index in [0.29, 0.717) is 0 Å². The van der Waals surface area contributed by atoms with Crippen molar-refractivity contribution in [3.63, 3.8) is 0 Å². The highest BCUT2D eigenvalue weighted by Crippen LogP contribution is 2.45. The number of aromatic nitrogens is 3. The van der Waals surface area contributed by atoms with Gasteiger partial charge in [-0.05, 0) is 30.1 Å². The fourth-order valence-corrected chi connectivity index (χ4v) is 3.75. The molecule has 1 aromatic heterocycles. The van der Waals surface area contributed by atoms with Crippen LogP contribution in [0.4, 0.5) is 0 Å². The summed E-state index contributed by atoms with van der Waals surface area (Å²) in [6.07, 6.45) is 3.96. The molecule has 2 N–H and O–H groups in total. The van der Waals surface area contributed by atoms with Crippen LogP contribution in [-0.2, 0) is 6.42 Å². The Kier molecular flexibility index (Phi) is 3.89. The first kappa shape index (κ1) is 15.0. The van der Waals surface area contributed by atoms with Crippen LogP contribution in [0.2, 0.25) is 0 Å². The van der Waals surface area contributed by atoms with Crippen molar-refractivity contribution in [3.8, 4) is 0 Å². The van der Waals surface area contributed by atoms with Crippen molar-refractivity contribution in [1.82, 2.24) is 20.5 Å². The van der Waals surface area contributed by atoms with Crippen LogP contribution in [0.15, 0.2) is 0 Å². The van der Waals surface area contributed by atoms with Crippen LogP contribution in [0.25, 0.3) is 0 Å². The fraction of sp³-hybridized carbons (Fsp3) is 0.800. The summed E-state index contributed by atoms with van der Waals surface area (Å²) in [5.74, 6) is 0.835. The quantitative estimate of drug-likeness (QED) is 0.893. The number of carbonyl (C=O) groups excluding carboxylic acids is 1. The van der Waals surface area contributed by atoms with E-state index in [1.54, 1.807) is 0 Å². The van der Waals surface area contributed by atoms with Gasteiger partial charge in [-0.25, -0.2) is 4.98 Å². The maximum atomic E-state index is 12.2. The predicted molar refractivity (Wildman–Crippen MR) is 78.4 cm³/mol. The molecule has 1 aromatic rings. The molecule has 0 radical (unpaired) electrons. The van der Waals surface area contributed by atoms with Gasteiger partial charge in [0.05, 0.1) is 0 Å². The molecule has 0 unspecified atom stereocenters. The number of carbonyl (C=O) groups is 1. The molecular formula is C15H26N4O. The molecule has 0 aliphatic heterocycles. The Morgan fingerprint density at radius 2 is 1.90 bits per heavy atom. The molecule has 5 heteroatoms. The summed E-state index contributed by atoms with van der Waals surface area (Å²) in [4.78, 5) is 16.4. The van der Waals surface area contributed by atoms with Gasteiger partial charge in [0.25, 0.3) is 5.91 Å². The minimum Gasteiger partial charge on any atom is -0.346 e. The molecular weight excluding hydrogens is 252 g/mol. The second-order valence-electron chi connectivity index (χ2n) is 7.54. The van der Waals surface area contributed by atoms with Crippen molar-refractivity contribution < 1.29 is 4.79 Å². The van der Waals surface area contributed by atoms with Crippen LogP contribution in [0.5, 0.6) is 0 Å². The molecule has 1 saturated carbocycles. The number of hydrogen-bond donors (Lipinski definition) is 2. The first-order valence-corrected chi connectivity index (χ1v) is 7.43. The predicted octanol–water partition coefficient (Wildman–Crippen LogP) is 2.70. The van der Waals surface area contributed by atoms with Crippen LogP contribution >= 0.6 is 0 Å². The Labute approximate surface area is 120 Å². The van der Waals surface area contributed by atoms with Gasteiger partial charge >= 0.3 is 0 Å². The second-order valence-corrected chi connectivity index (χ2v) is 7.54. The minimum atomic E-state index is -0.167. The van der Waals surface area contributed by atoms with E-state index in [2.05, 4.69) is 48.2 Å². The maximum Gasteiger partial charge on any atom is 0.291 e. The van der Waals surface area contributed by atoms with Gasteiger partial charge in [0, 0.05) is 12.5 Å². The van der Waals surface area contributed by atoms with Gasteiger partial charge in [-0.3, -0.25) is 9.89 Å². The average Bonchev–Trinajstić information content (AvgIpc) is 2.72. The van der Waals surface area contributed by atoms with Crippen molar-refractivity contribution in [2.75, 3.05) is 0 Å². The van der Waals surface area contributed by atoms with Crippen molar-refractivity contribution in [1.29, 1.82) is 0 Å². The number of nitrogens with zero attached hydrogens (tertiary/aromatic N) is 2. The molecule has 2 rings (SSSR count). The molecule has 0 bridgehead atoms. The Morgan fingerprint density at radius 3 is 2.40 bits per heavy atom. The van der Waals surface area contributed by atoms with Gasteiger partial charge in [0.2, 0.25) is 5.82 Å². The van der Waals surface area contributed by atoms with E-state index in [1.165, 1.54) is 6.42 Å². The molecule has 0 saturated heterocycles. The first-order valence-electron chi connectivity index (χ1n) is 7.43. The molecule has 1 aliphatic rings. The lowest BCUT2D eigenvalue weighted by atomic mass is 9.63. The Hall–Kier alpha value is -1.39. The summed E-state index contributed by atoms with van der Waals surface area (Å²) in [5, 5.41) is 9.86. The number of hydrogen-bond acceptors (Lipinski definition) is 3. The van der Waals surface area contributed by atoms with Gasteiger partial charge in [-0.2, -0.15) is 0 Å². The molecule has 0 aromatic carbocycles. The molecule has 20 heavy (non-hydrogen) atoms. The monoisotopic (exact) mass is 278 g/mol. The highest BCUT2D eigenvalue weighted by Gasteiger charge is 2.39. The van der Waals surface area contributed by atoms with Crippen LogP contribution in [0.3, 0.4) is 0 Å². The molecule has 1 fully saturated rings. The SMILES string of the molecule is CCc1nc(C(=O)NC2CC(C)(C)CC(C)(C)C2)n[nH]1. The molecule has 0 atom stereocenters. The minimum absolute atomic E-state index is 0.167. The molecule has 5 nitrogen and oxygen atoms in total. The van der Waals surface area contributed by atoms with E-state index >= 15 is 0 Å². The lowest BCUT2D eigenvalue weighted by molar-refractivity contribution is 0.0707. The lowest BCUT2D eigenvalue weighted by Gasteiger charge is -2.45. The summed E-state index contributed by atoms with van der Waals surface area (Å²) < 4.78 is 0. The van der Waals surface area contributed by atoms with Crippen LogP contribution in [0.1, 0.15) is 70.3 Å². The Morgan fingerprint density at radius 1 is 1.30 bits per heavy atom. The Bertz CT molecular complexity index is 474. The summed E-state index contributed by atoms with van der Waals surface area (Å²) in [5.41, 5.74) is 0.514. The van der Waals surface area contributed by atoms with Crippen LogP contribution in [-0.4, -0.2) is 27.1 Å². The maximum absolute atomic E-state index is 12.2. The number of aromatic amines is 1. The number of H-pyrrole nitrogens is 1. The van der Waals surface area contributed by atoms with E-state index in [4.69, 9.17) is 0 Å². The zero-order valence-corrected chi connectivity index (χ0v) is 13.2. The summed E-state index contributed by atoms with van der Waals surface area (Å²) in [6.45, 7) is 11.1. The van der Waals surface area contributed by atoms with Crippen molar-refractivity contribution in [2.24, 2.45) is 10.8 Å². The standard InChI is InChI=1S/C15H26N4O/c1-6-11-17-12(19-18-11)13(20)16-10-7-14(2,3)9-15(4,5)8-10/h10H,6-9H2,1-5H3,(H,16,20)(H,17,18,19). The largest absolute Gasteiger partial charge is 0.346 e. The molecule has 1 amide bonds. The summed E-state index contributed by atoms with van der Waals surface area (Å²) >= 11 is 0.